The molecule has 4 rings (SSSR count). The second-order valence-electron chi connectivity index (χ2n) is 7.18. The van der Waals surface area contributed by atoms with Crippen LogP contribution in [0.2, 0.25) is 0 Å². The SMILES string of the molecule is CN(C)c1ccc(-c2ccnc(NC3CCN(c4cnccn4)CC3)n2)cc1. The largest absolute Gasteiger partial charge is 0.378 e. The molecule has 1 saturated heterocycles. The molecule has 0 bridgehead atoms. The molecule has 28 heavy (non-hydrogen) atoms. The lowest BCUT2D eigenvalue weighted by Gasteiger charge is -2.32. The molecule has 7 heteroatoms. The lowest BCUT2D eigenvalue weighted by atomic mass is 10.1. The maximum absolute atomic E-state index is 4.72. The van der Waals surface area contributed by atoms with E-state index in [0.29, 0.717) is 12.0 Å². The van der Waals surface area contributed by atoms with Crippen LogP contribution in [0.1, 0.15) is 12.8 Å². The molecule has 7 nitrogen and oxygen atoms in total. The number of hydrogen-bond acceptors (Lipinski definition) is 7. The average Bonchev–Trinajstić information content (AvgIpc) is 2.75. The van der Waals surface area contributed by atoms with Gasteiger partial charge in [0.2, 0.25) is 5.95 Å². The zero-order valence-electron chi connectivity index (χ0n) is 16.3. The molecule has 1 fully saturated rings. The van der Waals surface area contributed by atoms with Crippen LogP contribution in [0, 0.1) is 0 Å². The highest BCUT2D eigenvalue weighted by Gasteiger charge is 2.20. The lowest BCUT2D eigenvalue weighted by Crippen LogP contribution is -2.39. The van der Waals surface area contributed by atoms with Crippen molar-refractivity contribution in [2.24, 2.45) is 0 Å². The van der Waals surface area contributed by atoms with E-state index in [9.17, 15) is 0 Å². The molecule has 0 saturated carbocycles. The number of hydrogen-bond donors (Lipinski definition) is 1. The maximum Gasteiger partial charge on any atom is 0.223 e. The van der Waals surface area contributed by atoms with Gasteiger partial charge in [0.25, 0.3) is 0 Å². The summed E-state index contributed by atoms with van der Waals surface area (Å²) in [5.74, 6) is 1.63. The van der Waals surface area contributed by atoms with Crippen molar-refractivity contribution in [3.63, 3.8) is 0 Å². The summed E-state index contributed by atoms with van der Waals surface area (Å²) in [5.41, 5.74) is 3.19. The van der Waals surface area contributed by atoms with Crippen molar-refractivity contribution in [2.75, 3.05) is 42.3 Å². The first kappa shape index (κ1) is 18.2. The molecule has 3 aromatic rings. The van der Waals surface area contributed by atoms with Gasteiger partial charge in [-0.1, -0.05) is 12.1 Å². The highest BCUT2D eigenvalue weighted by molar-refractivity contribution is 5.63. The number of nitrogens with one attached hydrogen (secondary N) is 1. The van der Waals surface area contributed by atoms with Gasteiger partial charge in [-0.3, -0.25) is 4.98 Å². The lowest BCUT2D eigenvalue weighted by molar-refractivity contribution is 0.520. The van der Waals surface area contributed by atoms with Crippen LogP contribution >= 0.6 is 0 Å². The van der Waals surface area contributed by atoms with Crippen LogP contribution in [-0.2, 0) is 0 Å². The molecule has 0 aliphatic carbocycles. The van der Waals surface area contributed by atoms with Crippen molar-refractivity contribution >= 4 is 17.5 Å². The molecule has 3 heterocycles. The predicted molar refractivity (Wildman–Crippen MR) is 113 cm³/mol. The van der Waals surface area contributed by atoms with E-state index in [-0.39, 0.29) is 0 Å². The van der Waals surface area contributed by atoms with Gasteiger partial charge in [-0.15, -0.1) is 0 Å². The van der Waals surface area contributed by atoms with Gasteiger partial charge in [0.1, 0.15) is 5.82 Å². The van der Waals surface area contributed by atoms with Crippen molar-refractivity contribution < 1.29 is 0 Å². The second-order valence-corrected chi connectivity index (χ2v) is 7.18. The summed E-state index contributed by atoms with van der Waals surface area (Å²) in [7, 11) is 4.08. The molecule has 0 amide bonds. The Balaban J connectivity index is 1.39. The van der Waals surface area contributed by atoms with Gasteiger partial charge in [0.05, 0.1) is 11.9 Å². The first-order valence-corrected chi connectivity index (χ1v) is 9.57. The van der Waals surface area contributed by atoms with E-state index in [1.54, 1.807) is 12.4 Å². The second kappa shape index (κ2) is 8.21. The molecule has 0 radical (unpaired) electrons. The maximum atomic E-state index is 4.72. The van der Waals surface area contributed by atoms with Crippen molar-refractivity contribution in [2.45, 2.75) is 18.9 Å². The van der Waals surface area contributed by atoms with Crippen LogP contribution < -0.4 is 15.1 Å². The standard InChI is InChI=1S/C21H25N7/c1-27(2)18-5-3-16(4-6-18)19-7-10-24-21(26-19)25-17-8-13-28(14-9-17)20-15-22-11-12-23-20/h3-7,10-12,15,17H,8-9,13-14H2,1-2H3,(H,24,25,26). The zero-order chi connectivity index (χ0) is 19.3. The molecule has 1 N–H and O–H groups in total. The van der Waals surface area contributed by atoms with Crippen molar-refractivity contribution in [3.8, 4) is 11.3 Å². The van der Waals surface area contributed by atoms with Crippen molar-refractivity contribution in [1.29, 1.82) is 0 Å². The molecule has 2 aromatic heterocycles. The summed E-state index contributed by atoms with van der Waals surface area (Å²) in [4.78, 5) is 22.0. The molecule has 1 aliphatic rings. The monoisotopic (exact) mass is 375 g/mol. The van der Waals surface area contributed by atoms with E-state index in [2.05, 4.69) is 54.3 Å². The van der Waals surface area contributed by atoms with Crippen LogP contribution in [-0.4, -0.2) is 53.2 Å². The smallest absolute Gasteiger partial charge is 0.223 e. The van der Waals surface area contributed by atoms with Gasteiger partial charge in [0.15, 0.2) is 0 Å². The van der Waals surface area contributed by atoms with E-state index in [1.165, 1.54) is 5.69 Å². The van der Waals surface area contributed by atoms with Gasteiger partial charge in [-0.2, -0.15) is 0 Å². The predicted octanol–water partition coefficient (Wildman–Crippen LogP) is 3.08. The fraction of sp³-hybridized carbons (Fsp3) is 0.333. The minimum atomic E-state index is 0.360. The summed E-state index contributed by atoms with van der Waals surface area (Å²) in [6.07, 6.45) is 9.12. The Bertz CT molecular complexity index is 888. The van der Waals surface area contributed by atoms with Gasteiger partial charge in [-0.25, -0.2) is 15.0 Å². The normalized spacial score (nSPS) is 14.7. The van der Waals surface area contributed by atoms with E-state index in [0.717, 1.165) is 43.0 Å². The van der Waals surface area contributed by atoms with E-state index in [1.807, 2.05) is 32.6 Å². The number of aromatic nitrogens is 4. The Morgan fingerprint density at radius 1 is 0.964 bits per heavy atom. The molecule has 1 aliphatic heterocycles. The summed E-state index contributed by atoms with van der Waals surface area (Å²) in [5, 5.41) is 3.50. The highest BCUT2D eigenvalue weighted by atomic mass is 15.2. The highest BCUT2D eigenvalue weighted by Crippen LogP contribution is 2.23. The molecule has 1 aromatic carbocycles. The summed E-state index contributed by atoms with van der Waals surface area (Å²) >= 11 is 0. The first-order valence-electron chi connectivity index (χ1n) is 9.57. The minimum Gasteiger partial charge on any atom is -0.378 e. The third-order valence-corrected chi connectivity index (χ3v) is 5.04. The van der Waals surface area contributed by atoms with E-state index < -0.39 is 0 Å². The molecular formula is C21H25N7. The van der Waals surface area contributed by atoms with E-state index in [4.69, 9.17) is 4.98 Å². The minimum absolute atomic E-state index is 0.360. The van der Waals surface area contributed by atoms with Crippen LogP contribution in [0.15, 0.2) is 55.1 Å². The van der Waals surface area contributed by atoms with Gasteiger partial charge >= 0.3 is 0 Å². The third-order valence-electron chi connectivity index (χ3n) is 5.04. The molecule has 0 atom stereocenters. The van der Waals surface area contributed by atoms with Crippen LogP contribution in [0.5, 0.6) is 0 Å². The third kappa shape index (κ3) is 4.19. The van der Waals surface area contributed by atoms with Crippen LogP contribution in [0.4, 0.5) is 17.5 Å². The molecule has 0 unspecified atom stereocenters. The zero-order valence-corrected chi connectivity index (χ0v) is 16.3. The van der Waals surface area contributed by atoms with Crippen molar-refractivity contribution in [3.05, 3.63) is 55.1 Å². The number of anilines is 3. The van der Waals surface area contributed by atoms with Gasteiger partial charge < -0.3 is 15.1 Å². The topological polar surface area (TPSA) is 70.1 Å². The van der Waals surface area contributed by atoms with Crippen LogP contribution in [0.25, 0.3) is 11.3 Å². The summed E-state index contributed by atoms with van der Waals surface area (Å²) in [6, 6.07) is 10.7. The van der Waals surface area contributed by atoms with Gasteiger partial charge in [-0.05, 0) is 31.0 Å². The Kier molecular flexibility index (Phi) is 5.32. The Labute approximate surface area is 165 Å². The Morgan fingerprint density at radius 2 is 1.75 bits per heavy atom. The fourth-order valence-electron chi connectivity index (χ4n) is 3.41. The average molecular weight is 375 g/mol. The van der Waals surface area contributed by atoms with Crippen molar-refractivity contribution in [1.82, 2.24) is 19.9 Å². The van der Waals surface area contributed by atoms with E-state index >= 15 is 0 Å². The van der Waals surface area contributed by atoms with Gasteiger partial charge in [0, 0.05) is 63.1 Å². The van der Waals surface area contributed by atoms with Crippen LogP contribution in [0.3, 0.4) is 0 Å². The summed E-state index contributed by atoms with van der Waals surface area (Å²) < 4.78 is 0. The first-order chi connectivity index (χ1) is 13.7. The molecule has 0 spiro atoms. The molecule has 144 valence electrons. The summed E-state index contributed by atoms with van der Waals surface area (Å²) in [6.45, 7) is 1.89. The number of piperidine rings is 1. The fourth-order valence-corrected chi connectivity index (χ4v) is 3.41. The quantitative estimate of drug-likeness (QED) is 0.735. The Morgan fingerprint density at radius 3 is 2.43 bits per heavy atom. The number of nitrogens with zero attached hydrogens (tertiary/aromatic N) is 6. The Hall–Kier alpha value is -3.22. The number of rotatable bonds is 5. The molecular weight excluding hydrogens is 350 g/mol. The number of benzene rings is 1.